The van der Waals surface area contributed by atoms with Crippen LogP contribution < -0.4 is 4.90 Å². The van der Waals surface area contributed by atoms with Crippen LogP contribution in [-0.4, -0.2) is 47.6 Å². The number of nitrogens with zero attached hydrogens (tertiary/aromatic N) is 4. The number of aromatic nitrogens is 2. The molecule has 5 rings (SSSR count). The van der Waals surface area contributed by atoms with Crippen molar-refractivity contribution in [3.05, 3.63) is 83.5 Å². The van der Waals surface area contributed by atoms with Gasteiger partial charge in [0.2, 0.25) is 0 Å². The first-order valence-corrected chi connectivity index (χ1v) is 12.6. The summed E-state index contributed by atoms with van der Waals surface area (Å²) in [6.07, 6.45) is 6.20. The molecule has 1 fully saturated rings. The first-order chi connectivity index (χ1) is 16.2. The van der Waals surface area contributed by atoms with E-state index >= 15 is 0 Å². The van der Waals surface area contributed by atoms with Gasteiger partial charge in [-0.15, -0.1) is 11.3 Å². The minimum Gasteiger partial charge on any atom is -0.353 e. The highest BCUT2D eigenvalue weighted by Crippen LogP contribution is 2.38. The number of benzene rings is 2. The second-order valence-corrected chi connectivity index (χ2v) is 9.76. The standard InChI is InChI=1S/C28H30N4S/c1-21(2)23-10-12-24(13-11-23)25-19-33-28-26(25)27(29-20-30-28)32-17-15-31(16-18-32)14-6-9-22-7-4-3-5-8-22/h3-13,19-21H,14-18H2,1-2H3/b9-6+. The van der Waals surface area contributed by atoms with Crippen molar-refractivity contribution in [1.29, 1.82) is 0 Å². The molecule has 4 nitrogen and oxygen atoms in total. The fourth-order valence-corrected chi connectivity index (χ4v) is 5.31. The third kappa shape index (κ3) is 4.85. The van der Waals surface area contributed by atoms with Crippen molar-refractivity contribution in [1.82, 2.24) is 14.9 Å². The molecular weight excluding hydrogens is 424 g/mol. The Morgan fingerprint density at radius 3 is 2.42 bits per heavy atom. The van der Waals surface area contributed by atoms with Gasteiger partial charge in [-0.1, -0.05) is 80.6 Å². The Labute approximate surface area is 200 Å². The quantitative estimate of drug-likeness (QED) is 0.341. The zero-order chi connectivity index (χ0) is 22.6. The highest BCUT2D eigenvalue weighted by molar-refractivity contribution is 7.17. The van der Waals surface area contributed by atoms with Gasteiger partial charge in [-0.3, -0.25) is 4.90 Å². The van der Waals surface area contributed by atoms with E-state index in [2.05, 4.69) is 101 Å². The molecule has 0 radical (unpaired) electrons. The third-order valence-corrected chi connectivity index (χ3v) is 7.27. The van der Waals surface area contributed by atoms with Gasteiger partial charge in [0.1, 0.15) is 17.0 Å². The molecule has 4 aromatic rings. The van der Waals surface area contributed by atoms with Gasteiger partial charge in [0.25, 0.3) is 0 Å². The first kappa shape index (κ1) is 21.8. The SMILES string of the molecule is CC(C)c1ccc(-c2csc3ncnc(N4CCN(C/C=C/c5ccccc5)CC4)c23)cc1. The Hall–Kier alpha value is -3.02. The van der Waals surface area contributed by atoms with E-state index in [9.17, 15) is 0 Å². The van der Waals surface area contributed by atoms with E-state index in [0.29, 0.717) is 5.92 Å². The molecule has 33 heavy (non-hydrogen) atoms. The molecule has 0 N–H and O–H groups in total. The summed E-state index contributed by atoms with van der Waals surface area (Å²) in [5.41, 5.74) is 5.11. The highest BCUT2D eigenvalue weighted by atomic mass is 32.1. The molecule has 0 spiro atoms. The van der Waals surface area contributed by atoms with Gasteiger partial charge >= 0.3 is 0 Å². The normalized spacial score (nSPS) is 15.2. The van der Waals surface area contributed by atoms with E-state index in [1.807, 2.05) is 0 Å². The minimum absolute atomic E-state index is 0.538. The van der Waals surface area contributed by atoms with Crippen LogP contribution in [0.1, 0.15) is 30.9 Å². The highest BCUT2D eigenvalue weighted by Gasteiger charge is 2.22. The number of anilines is 1. The number of fused-ring (bicyclic) bond motifs is 1. The molecule has 0 aliphatic carbocycles. The summed E-state index contributed by atoms with van der Waals surface area (Å²) in [6, 6.07) is 19.5. The molecule has 2 aromatic heterocycles. The van der Waals surface area contributed by atoms with Gasteiger partial charge in [-0.2, -0.15) is 0 Å². The largest absolute Gasteiger partial charge is 0.353 e. The van der Waals surface area contributed by atoms with Gasteiger partial charge in [-0.25, -0.2) is 9.97 Å². The molecule has 0 bridgehead atoms. The molecule has 3 heterocycles. The topological polar surface area (TPSA) is 32.3 Å². The first-order valence-electron chi connectivity index (χ1n) is 11.7. The number of hydrogen-bond donors (Lipinski definition) is 0. The van der Waals surface area contributed by atoms with Crippen LogP contribution in [0.5, 0.6) is 0 Å². The van der Waals surface area contributed by atoms with Crippen LogP contribution in [-0.2, 0) is 0 Å². The Bertz CT molecular complexity index is 1220. The maximum atomic E-state index is 4.75. The average molecular weight is 455 g/mol. The van der Waals surface area contributed by atoms with Gasteiger partial charge < -0.3 is 4.90 Å². The lowest BCUT2D eigenvalue weighted by molar-refractivity contribution is 0.284. The van der Waals surface area contributed by atoms with Crippen LogP contribution in [0.3, 0.4) is 0 Å². The zero-order valence-electron chi connectivity index (χ0n) is 19.3. The molecule has 5 heteroatoms. The summed E-state index contributed by atoms with van der Waals surface area (Å²) >= 11 is 1.71. The number of hydrogen-bond acceptors (Lipinski definition) is 5. The monoisotopic (exact) mass is 454 g/mol. The van der Waals surface area contributed by atoms with Crippen LogP contribution in [0, 0.1) is 0 Å². The van der Waals surface area contributed by atoms with Crippen molar-refractivity contribution < 1.29 is 0 Å². The van der Waals surface area contributed by atoms with E-state index in [0.717, 1.165) is 43.4 Å². The lowest BCUT2D eigenvalue weighted by Gasteiger charge is -2.35. The molecule has 0 amide bonds. The maximum absolute atomic E-state index is 4.75. The van der Waals surface area contributed by atoms with E-state index < -0.39 is 0 Å². The second-order valence-electron chi connectivity index (χ2n) is 8.90. The minimum atomic E-state index is 0.538. The van der Waals surface area contributed by atoms with Crippen LogP contribution >= 0.6 is 11.3 Å². The van der Waals surface area contributed by atoms with Gasteiger partial charge in [-0.05, 0) is 22.6 Å². The van der Waals surface area contributed by atoms with Gasteiger partial charge in [0.15, 0.2) is 0 Å². The predicted molar refractivity (Wildman–Crippen MR) is 141 cm³/mol. The van der Waals surface area contributed by atoms with Crippen LogP contribution in [0.2, 0.25) is 0 Å². The molecule has 0 saturated carbocycles. The lowest BCUT2D eigenvalue weighted by atomic mass is 9.99. The van der Waals surface area contributed by atoms with Crippen molar-refractivity contribution in [3.8, 4) is 11.1 Å². The molecular formula is C28H30N4S. The molecule has 0 atom stereocenters. The van der Waals surface area contributed by atoms with E-state index in [-0.39, 0.29) is 0 Å². The molecule has 2 aromatic carbocycles. The molecule has 1 aliphatic rings. The smallest absolute Gasteiger partial charge is 0.141 e. The van der Waals surface area contributed by atoms with Crippen LogP contribution in [0.25, 0.3) is 27.4 Å². The Morgan fingerprint density at radius 1 is 0.939 bits per heavy atom. The van der Waals surface area contributed by atoms with Crippen molar-refractivity contribution in [2.75, 3.05) is 37.6 Å². The van der Waals surface area contributed by atoms with Crippen LogP contribution in [0.4, 0.5) is 5.82 Å². The molecule has 1 saturated heterocycles. The summed E-state index contributed by atoms with van der Waals surface area (Å²) < 4.78 is 0. The Morgan fingerprint density at radius 2 is 1.70 bits per heavy atom. The molecule has 0 unspecified atom stereocenters. The number of rotatable bonds is 6. The van der Waals surface area contributed by atoms with E-state index in [1.165, 1.54) is 27.6 Å². The lowest BCUT2D eigenvalue weighted by Crippen LogP contribution is -2.46. The molecule has 168 valence electrons. The van der Waals surface area contributed by atoms with Crippen molar-refractivity contribution in [2.24, 2.45) is 0 Å². The van der Waals surface area contributed by atoms with Gasteiger partial charge in [0, 0.05) is 43.7 Å². The average Bonchev–Trinajstić information content (AvgIpc) is 3.30. The summed E-state index contributed by atoms with van der Waals surface area (Å²) in [4.78, 5) is 15.3. The third-order valence-electron chi connectivity index (χ3n) is 6.38. The van der Waals surface area contributed by atoms with Crippen molar-refractivity contribution >= 4 is 33.4 Å². The maximum Gasteiger partial charge on any atom is 0.141 e. The van der Waals surface area contributed by atoms with Crippen molar-refractivity contribution in [3.63, 3.8) is 0 Å². The summed E-state index contributed by atoms with van der Waals surface area (Å²) in [5.74, 6) is 1.61. The summed E-state index contributed by atoms with van der Waals surface area (Å²) in [7, 11) is 0. The van der Waals surface area contributed by atoms with Crippen LogP contribution in [0.15, 0.2) is 72.4 Å². The second kappa shape index (κ2) is 9.86. The number of piperazine rings is 1. The van der Waals surface area contributed by atoms with Crippen molar-refractivity contribution in [2.45, 2.75) is 19.8 Å². The Kier molecular flexibility index (Phi) is 6.51. The summed E-state index contributed by atoms with van der Waals surface area (Å²) in [6.45, 7) is 9.48. The molecule has 1 aliphatic heterocycles. The van der Waals surface area contributed by atoms with E-state index in [4.69, 9.17) is 4.98 Å². The van der Waals surface area contributed by atoms with E-state index in [1.54, 1.807) is 17.7 Å². The fourth-order valence-electron chi connectivity index (χ4n) is 4.40. The van der Waals surface area contributed by atoms with Gasteiger partial charge in [0.05, 0.1) is 5.39 Å². The fraction of sp³-hybridized carbons (Fsp3) is 0.286. The summed E-state index contributed by atoms with van der Waals surface area (Å²) in [5, 5.41) is 3.43. The predicted octanol–water partition coefficient (Wildman–Crippen LogP) is 6.32. The zero-order valence-corrected chi connectivity index (χ0v) is 20.1. The number of thiophene rings is 1. The Balaban J connectivity index is 1.31.